The maximum absolute atomic E-state index is 13.0. The number of ether oxygens (including phenoxy) is 1. The zero-order valence-electron chi connectivity index (χ0n) is 20.0. The van der Waals surface area contributed by atoms with Gasteiger partial charge in [0, 0.05) is 35.5 Å². The largest absolute Gasteiger partial charge is 0.389 e. The van der Waals surface area contributed by atoms with Crippen molar-refractivity contribution in [3.05, 3.63) is 59.2 Å². The molecule has 0 spiro atoms. The van der Waals surface area contributed by atoms with Gasteiger partial charge in [0.1, 0.15) is 0 Å². The predicted octanol–water partition coefficient (Wildman–Crippen LogP) is 3.44. The maximum atomic E-state index is 13.0. The smallest absolute Gasteiger partial charge is 0.242 e. The van der Waals surface area contributed by atoms with E-state index in [0.29, 0.717) is 19.4 Å². The lowest BCUT2D eigenvalue weighted by atomic mass is 9.88. The summed E-state index contributed by atoms with van der Waals surface area (Å²) in [4.78, 5) is 28.6. The highest BCUT2D eigenvalue weighted by atomic mass is 32.2. The van der Waals surface area contributed by atoms with Crippen LogP contribution in [0.5, 0.6) is 0 Å². The molecule has 3 heterocycles. The van der Waals surface area contributed by atoms with Crippen LogP contribution in [0.15, 0.2) is 47.4 Å². The number of aliphatic hydroxyl groups excluding tert-OH is 1. The third kappa shape index (κ3) is 5.20. The van der Waals surface area contributed by atoms with Gasteiger partial charge in [0.15, 0.2) is 0 Å². The first-order valence-electron chi connectivity index (χ1n) is 12.4. The Hall–Kier alpha value is -2.55. The van der Waals surface area contributed by atoms with Crippen LogP contribution in [-0.4, -0.2) is 59.9 Å². The van der Waals surface area contributed by atoms with Crippen molar-refractivity contribution in [2.45, 2.75) is 61.3 Å². The Morgan fingerprint density at radius 2 is 2.09 bits per heavy atom. The Morgan fingerprint density at radius 1 is 1.23 bits per heavy atom. The molecule has 7 nitrogen and oxygen atoms in total. The van der Waals surface area contributed by atoms with Crippen LogP contribution in [0.2, 0.25) is 0 Å². The Balaban J connectivity index is 1.14. The van der Waals surface area contributed by atoms with Crippen LogP contribution in [0.25, 0.3) is 0 Å². The van der Waals surface area contributed by atoms with Crippen molar-refractivity contribution in [1.29, 1.82) is 0 Å². The van der Waals surface area contributed by atoms with E-state index in [1.165, 1.54) is 10.5 Å². The van der Waals surface area contributed by atoms with Crippen molar-refractivity contribution in [1.82, 2.24) is 10.2 Å². The molecular formula is C27H33N3O4S. The average molecular weight is 496 g/mol. The molecule has 0 saturated carbocycles. The molecule has 2 saturated heterocycles. The molecule has 2 fully saturated rings. The number of fused-ring (bicyclic) bond motifs is 4. The van der Waals surface area contributed by atoms with Gasteiger partial charge in [0.2, 0.25) is 11.8 Å². The molecule has 0 radical (unpaired) electrons. The van der Waals surface area contributed by atoms with Gasteiger partial charge in [-0.05, 0) is 48.8 Å². The van der Waals surface area contributed by atoms with Gasteiger partial charge in [0.05, 0.1) is 37.4 Å². The summed E-state index contributed by atoms with van der Waals surface area (Å²) in [6.45, 7) is 1.10. The number of hydrogen-bond acceptors (Lipinski definition) is 6. The molecule has 4 atom stereocenters. The highest BCUT2D eigenvalue weighted by molar-refractivity contribution is 7.98. The lowest BCUT2D eigenvalue weighted by molar-refractivity contribution is -0.133. The fraction of sp³-hybridized carbons (Fsp3) is 0.481. The molecule has 3 aliphatic rings. The van der Waals surface area contributed by atoms with E-state index < -0.39 is 6.10 Å². The fourth-order valence-corrected chi connectivity index (χ4v) is 6.13. The zero-order valence-corrected chi connectivity index (χ0v) is 20.9. The van der Waals surface area contributed by atoms with Crippen molar-refractivity contribution in [3.63, 3.8) is 0 Å². The lowest BCUT2D eigenvalue weighted by Crippen LogP contribution is -2.45. The molecule has 2 aromatic carbocycles. The standard InChI is InChI=1S/C27H33N3O4S/c1-35-25-7-3-2-5-18(25)22-6-4-12-30(22)27(33)15-28-26(32)11-9-17-8-10-20-19(13-17)24-14-21(29-20)23(31)16-34-24/h2-3,5,7-8,10,13,21-24,29,31H,4,6,9,11-12,14-16H2,1H3,(H,28,32)/t21-,22-,23-,24+/m1/s1. The number of rotatable bonds is 7. The number of anilines is 1. The molecule has 8 heteroatoms. The molecule has 5 rings (SSSR count). The van der Waals surface area contributed by atoms with Gasteiger partial charge < -0.3 is 25.4 Å². The Bertz CT molecular complexity index is 1090. The number of likely N-dealkylation sites (tertiary alicyclic amines) is 1. The molecule has 2 aromatic rings. The minimum absolute atomic E-state index is 0.0179. The van der Waals surface area contributed by atoms with Gasteiger partial charge in [-0.15, -0.1) is 11.8 Å². The van der Waals surface area contributed by atoms with Gasteiger partial charge in [-0.1, -0.05) is 30.3 Å². The lowest BCUT2D eigenvalue weighted by Gasteiger charge is -2.40. The van der Waals surface area contributed by atoms with Gasteiger partial charge >= 0.3 is 0 Å². The third-order valence-electron chi connectivity index (χ3n) is 7.35. The van der Waals surface area contributed by atoms with Gasteiger partial charge in [-0.3, -0.25) is 9.59 Å². The maximum Gasteiger partial charge on any atom is 0.242 e. The van der Waals surface area contributed by atoms with Crippen LogP contribution in [0.1, 0.15) is 54.5 Å². The van der Waals surface area contributed by atoms with E-state index in [2.05, 4.69) is 35.1 Å². The number of carbonyl (C=O) groups is 2. The highest BCUT2D eigenvalue weighted by Gasteiger charge is 2.36. The SMILES string of the molecule is CSc1ccccc1[C@H]1CCCN1C(=O)CNC(=O)CCc1ccc2c(c1)[C@@H]1C[C@@H](N2)[C@H](O)CO1. The number of aliphatic hydroxyl groups is 1. The first kappa shape index (κ1) is 24.2. The van der Waals surface area contributed by atoms with Crippen LogP contribution >= 0.6 is 11.8 Å². The van der Waals surface area contributed by atoms with Crippen molar-refractivity contribution < 1.29 is 19.4 Å². The number of nitrogens with zero attached hydrogens (tertiary/aromatic N) is 1. The second-order valence-electron chi connectivity index (χ2n) is 9.56. The summed E-state index contributed by atoms with van der Waals surface area (Å²) in [7, 11) is 0. The summed E-state index contributed by atoms with van der Waals surface area (Å²) in [6, 6.07) is 14.5. The summed E-state index contributed by atoms with van der Waals surface area (Å²) in [5.41, 5.74) is 4.34. The number of amides is 2. The monoisotopic (exact) mass is 495 g/mol. The van der Waals surface area contributed by atoms with E-state index in [1.807, 2.05) is 29.2 Å². The van der Waals surface area contributed by atoms with E-state index in [0.717, 1.165) is 42.6 Å². The second kappa shape index (κ2) is 10.6. The second-order valence-corrected chi connectivity index (χ2v) is 10.4. The number of thioether (sulfide) groups is 1. The third-order valence-corrected chi connectivity index (χ3v) is 8.16. The molecule has 0 aromatic heterocycles. The minimum atomic E-state index is -0.485. The highest BCUT2D eigenvalue weighted by Crippen LogP contribution is 2.40. The van der Waals surface area contributed by atoms with E-state index in [1.54, 1.807) is 11.8 Å². The molecule has 2 amide bonds. The van der Waals surface area contributed by atoms with Crippen LogP contribution in [0.4, 0.5) is 5.69 Å². The summed E-state index contributed by atoms with van der Waals surface area (Å²) in [5, 5.41) is 16.3. The number of benzene rings is 2. The Kier molecular flexibility index (Phi) is 7.32. The summed E-state index contributed by atoms with van der Waals surface area (Å²) in [6.07, 6.45) is 5.16. The molecule has 0 unspecified atom stereocenters. The molecule has 35 heavy (non-hydrogen) atoms. The predicted molar refractivity (Wildman–Crippen MR) is 136 cm³/mol. The van der Waals surface area contributed by atoms with Crippen LogP contribution in [0, 0.1) is 0 Å². The normalized spacial score (nSPS) is 25.0. The molecule has 3 N–H and O–H groups in total. The van der Waals surface area contributed by atoms with Crippen molar-refractivity contribution in [2.75, 3.05) is 31.3 Å². The number of carbonyl (C=O) groups excluding carboxylic acids is 2. The van der Waals surface area contributed by atoms with Gasteiger partial charge in [-0.2, -0.15) is 0 Å². The summed E-state index contributed by atoms with van der Waals surface area (Å²) >= 11 is 1.70. The van der Waals surface area contributed by atoms with Crippen molar-refractivity contribution in [2.24, 2.45) is 0 Å². The molecule has 186 valence electrons. The van der Waals surface area contributed by atoms with Crippen LogP contribution in [0.3, 0.4) is 0 Å². The van der Waals surface area contributed by atoms with E-state index in [9.17, 15) is 14.7 Å². The Labute approximate surface area is 210 Å². The zero-order chi connectivity index (χ0) is 24.4. The number of nitrogens with one attached hydrogen (secondary N) is 2. The molecule has 0 aliphatic carbocycles. The van der Waals surface area contributed by atoms with Gasteiger partial charge in [0.25, 0.3) is 0 Å². The quantitative estimate of drug-likeness (QED) is 0.510. The number of hydrogen-bond donors (Lipinski definition) is 3. The molecule has 3 aliphatic heterocycles. The topological polar surface area (TPSA) is 90.9 Å². The summed E-state index contributed by atoms with van der Waals surface area (Å²) < 4.78 is 5.82. The van der Waals surface area contributed by atoms with Crippen LogP contribution < -0.4 is 10.6 Å². The average Bonchev–Trinajstić information content (AvgIpc) is 3.38. The van der Waals surface area contributed by atoms with E-state index in [4.69, 9.17) is 4.74 Å². The first-order valence-corrected chi connectivity index (χ1v) is 13.6. The van der Waals surface area contributed by atoms with E-state index in [-0.39, 0.29) is 36.5 Å². The minimum Gasteiger partial charge on any atom is -0.389 e. The molecular weight excluding hydrogens is 462 g/mol. The number of aryl methyl sites for hydroxylation is 1. The van der Waals surface area contributed by atoms with Gasteiger partial charge in [-0.25, -0.2) is 0 Å². The first-order chi connectivity index (χ1) is 17.0. The van der Waals surface area contributed by atoms with Crippen LogP contribution in [-0.2, 0) is 20.7 Å². The van der Waals surface area contributed by atoms with E-state index >= 15 is 0 Å². The fourth-order valence-electron chi connectivity index (χ4n) is 5.48. The summed E-state index contributed by atoms with van der Waals surface area (Å²) in [5.74, 6) is -0.144. The Morgan fingerprint density at radius 3 is 2.94 bits per heavy atom. The van der Waals surface area contributed by atoms with Crippen molar-refractivity contribution >= 4 is 29.3 Å². The van der Waals surface area contributed by atoms with Crippen molar-refractivity contribution in [3.8, 4) is 0 Å². The molecule has 2 bridgehead atoms.